The quantitative estimate of drug-likeness (QED) is 0.339. The number of benzene rings is 1. The molecule has 0 saturated heterocycles. The Morgan fingerprint density at radius 2 is 2.14 bits per heavy atom. The molecule has 6 nitrogen and oxygen atoms in total. The van der Waals surface area contributed by atoms with Crippen molar-refractivity contribution in [3.8, 4) is 0 Å². The summed E-state index contributed by atoms with van der Waals surface area (Å²) in [5, 5.41) is 3.04. The molecule has 1 aromatic rings. The van der Waals surface area contributed by atoms with Crippen LogP contribution >= 0.6 is 0 Å². The Morgan fingerprint density at radius 3 is 2.90 bits per heavy atom. The van der Waals surface area contributed by atoms with Gasteiger partial charge in [-0.2, -0.15) is 0 Å². The van der Waals surface area contributed by atoms with Gasteiger partial charge in [0, 0.05) is 6.54 Å². The minimum atomic E-state index is -0.521. The summed E-state index contributed by atoms with van der Waals surface area (Å²) < 4.78 is 0. The number of nitrogens with one attached hydrogen (secondary N) is 1. The van der Waals surface area contributed by atoms with Crippen molar-refractivity contribution in [1.82, 2.24) is 5.32 Å². The van der Waals surface area contributed by atoms with Gasteiger partial charge in [-0.15, -0.1) is 0 Å². The number of hydrogen-bond acceptors (Lipinski definition) is 3. The van der Waals surface area contributed by atoms with Crippen molar-refractivity contribution in [1.29, 1.82) is 0 Å². The van der Waals surface area contributed by atoms with Crippen LogP contribution in [-0.2, 0) is 11.2 Å². The van der Waals surface area contributed by atoms with Gasteiger partial charge in [0.05, 0.1) is 12.1 Å². The molecule has 0 heterocycles. The third-order valence-electron chi connectivity index (χ3n) is 3.75. The number of carbonyl (C=O) groups excluding carboxylic acids is 1. The van der Waals surface area contributed by atoms with Gasteiger partial charge in [0.2, 0.25) is 5.91 Å². The molecule has 0 saturated carbocycles. The van der Waals surface area contributed by atoms with Crippen LogP contribution in [0.1, 0.15) is 36.4 Å². The fraction of sp³-hybridized carbons (Fsp3) is 0.467. The minimum absolute atomic E-state index is 0.0654. The zero-order valence-corrected chi connectivity index (χ0v) is 12.1. The van der Waals surface area contributed by atoms with Gasteiger partial charge in [-0.25, -0.2) is 0 Å². The predicted octanol–water partition coefficient (Wildman–Crippen LogP) is 0.171. The van der Waals surface area contributed by atoms with Crippen LogP contribution in [0.2, 0.25) is 0 Å². The van der Waals surface area contributed by atoms with Crippen LogP contribution in [-0.4, -0.2) is 24.5 Å². The molecule has 21 heavy (non-hydrogen) atoms. The number of fused-ring (bicyclic) bond motifs is 1. The average Bonchev–Trinajstić information content (AvgIpc) is 2.86. The monoisotopic (exact) mass is 289 g/mol. The van der Waals surface area contributed by atoms with Gasteiger partial charge in [-0.05, 0) is 36.8 Å². The SMILES string of the molecule is NC(N)=NCCC[C@@H](N)C(=O)N[C@H]1CCc2ccccc21. The van der Waals surface area contributed by atoms with E-state index in [0.717, 1.165) is 12.8 Å². The highest BCUT2D eigenvalue weighted by Crippen LogP contribution is 2.30. The van der Waals surface area contributed by atoms with Crippen molar-refractivity contribution < 1.29 is 4.79 Å². The van der Waals surface area contributed by atoms with Gasteiger partial charge >= 0.3 is 0 Å². The summed E-state index contributed by atoms with van der Waals surface area (Å²) in [5.74, 6) is -0.0445. The molecule has 0 spiro atoms. The van der Waals surface area contributed by atoms with Crippen LogP contribution in [0.3, 0.4) is 0 Å². The van der Waals surface area contributed by atoms with E-state index in [9.17, 15) is 4.79 Å². The Hall–Kier alpha value is -2.08. The van der Waals surface area contributed by atoms with Gasteiger partial charge in [-0.1, -0.05) is 24.3 Å². The third kappa shape index (κ3) is 4.19. The molecule has 2 rings (SSSR count). The summed E-state index contributed by atoms with van der Waals surface area (Å²) in [4.78, 5) is 16.0. The predicted molar refractivity (Wildman–Crippen MR) is 83.5 cm³/mol. The lowest BCUT2D eigenvalue weighted by molar-refractivity contribution is -0.123. The maximum atomic E-state index is 12.1. The number of carbonyl (C=O) groups is 1. The first-order chi connectivity index (χ1) is 10.1. The highest BCUT2D eigenvalue weighted by Gasteiger charge is 2.25. The fourth-order valence-corrected chi connectivity index (χ4v) is 2.64. The number of hydrogen-bond donors (Lipinski definition) is 4. The van der Waals surface area contributed by atoms with E-state index in [0.29, 0.717) is 19.4 Å². The number of rotatable bonds is 6. The van der Waals surface area contributed by atoms with Crippen molar-refractivity contribution >= 4 is 11.9 Å². The van der Waals surface area contributed by atoms with Crippen molar-refractivity contribution in [2.24, 2.45) is 22.2 Å². The molecule has 0 fully saturated rings. The van der Waals surface area contributed by atoms with E-state index in [-0.39, 0.29) is 17.9 Å². The van der Waals surface area contributed by atoms with Crippen LogP contribution in [0.15, 0.2) is 29.3 Å². The number of aryl methyl sites for hydroxylation is 1. The van der Waals surface area contributed by atoms with Crippen molar-refractivity contribution in [3.63, 3.8) is 0 Å². The van der Waals surface area contributed by atoms with Crippen LogP contribution in [0.5, 0.6) is 0 Å². The topological polar surface area (TPSA) is 120 Å². The molecule has 7 N–H and O–H groups in total. The molecule has 1 aromatic carbocycles. The number of amides is 1. The zero-order valence-electron chi connectivity index (χ0n) is 12.1. The van der Waals surface area contributed by atoms with E-state index in [2.05, 4.69) is 22.4 Å². The fourth-order valence-electron chi connectivity index (χ4n) is 2.64. The number of nitrogens with two attached hydrogens (primary N) is 3. The molecule has 114 valence electrons. The first-order valence-corrected chi connectivity index (χ1v) is 7.27. The Kier molecular flexibility index (Phi) is 5.16. The molecule has 1 aliphatic carbocycles. The maximum Gasteiger partial charge on any atom is 0.237 e. The molecule has 2 atom stereocenters. The smallest absolute Gasteiger partial charge is 0.237 e. The van der Waals surface area contributed by atoms with Crippen LogP contribution in [0.4, 0.5) is 0 Å². The lowest BCUT2D eigenvalue weighted by Gasteiger charge is -2.17. The Bertz CT molecular complexity index is 525. The second-order valence-electron chi connectivity index (χ2n) is 5.35. The first-order valence-electron chi connectivity index (χ1n) is 7.27. The highest BCUT2D eigenvalue weighted by molar-refractivity contribution is 5.82. The second-order valence-corrected chi connectivity index (χ2v) is 5.35. The molecular weight excluding hydrogens is 266 g/mol. The molecule has 0 radical (unpaired) electrons. The van der Waals surface area contributed by atoms with E-state index in [1.165, 1.54) is 11.1 Å². The van der Waals surface area contributed by atoms with Crippen molar-refractivity contribution in [3.05, 3.63) is 35.4 Å². The maximum absolute atomic E-state index is 12.1. The number of aliphatic imine (C=N–C) groups is 1. The van der Waals surface area contributed by atoms with E-state index in [1.807, 2.05) is 12.1 Å². The summed E-state index contributed by atoms with van der Waals surface area (Å²) in [6.45, 7) is 0.496. The lowest BCUT2D eigenvalue weighted by atomic mass is 10.1. The zero-order chi connectivity index (χ0) is 15.2. The van der Waals surface area contributed by atoms with Gasteiger partial charge in [0.15, 0.2) is 5.96 Å². The first kappa shape index (κ1) is 15.3. The van der Waals surface area contributed by atoms with Crippen molar-refractivity contribution in [2.45, 2.75) is 37.8 Å². The molecular formula is C15H23N5O. The molecule has 1 amide bonds. The van der Waals surface area contributed by atoms with E-state index in [1.54, 1.807) is 0 Å². The third-order valence-corrected chi connectivity index (χ3v) is 3.75. The number of nitrogens with zero attached hydrogens (tertiary/aromatic N) is 1. The molecule has 0 unspecified atom stereocenters. The molecule has 0 aliphatic heterocycles. The Morgan fingerprint density at radius 1 is 1.38 bits per heavy atom. The van der Waals surface area contributed by atoms with E-state index < -0.39 is 6.04 Å². The normalized spacial score (nSPS) is 17.9. The largest absolute Gasteiger partial charge is 0.370 e. The highest BCUT2D eigenvalue weighted by atomic mass is 16.2. The summed E-state index contributed by atoms with van der Waals surface area (Å²) in [6, 6.07) is 7.76. The van der Waals surface area contributed by atoms with Gasteiger partial charge < -0.3 is 22.5 Å². The van der Waals surface area contributed by atoms with Gasteiger partial charge in [0.1, 0.15) is 0 Å². The average molecular weight is 289 g/mol. The molecule has 0 aromatic heterocycles. The van der Waals surface area contributed by atoms with Crippen molar-refractivity contribution in [2.75, 3.05) is 6.54 Å². The molecule has 0 bridgehead atoms. The Balaban J connectivity index is 1.81. The van der Waals surface area contributed by atoms with Crippen LogP contribution in [0.25, 0.3) is 0 Å². The second kappa shape index (κ2) is 7.08. The summed E-state index contributed by atoms with van der Waals surface area (Å²) in [6.07, 6.45) is 3.19. The standard InChI is InChI=1S/C15H23N5O/c16-12(6-3-9-19-15(17)18)14(21)20-13-8-7-10-4-1-2-5-11(10)13/h1-2,4-5,12-13H,3,6-9,16H2,(H,20,21)(H4,17,18,19)/t12-,13+/m1/s1. The van der Waals surface area contributed by atoms with Gasteiger partial charge in [-0.3, -0.25) is 9.79 Å². The molecule has 6 heteroatoms. The Labute approximate surface area is 124 Å². The summed E-state index contributed by atoms with van der Waals surface area (Å²) >= 11 is 0. The van der Waals surface area contributed by atoms with Crippen LogP contribution in [0, 0.1) is 0 Å². The summed E-state index contributed by atoms with van der Waals surface area (Å²) in [7, 11) is 0. The van der Waals surface area contributed by atoms with Gasteiger partial charge in [0.25, 0.3) is 0 Å². The van der Waals surface area contributed by atoms with E-state index in [4.69, 9.17) is 17.2 Å². The number of guanidine groups is 1. The van der Waals surface area contributed by atoms with E-state index >= 15 is 0 Å². The lowest BCUT2D eigenvalue weighted by Crippen LogP contribution is -2.41. The molecule has 1 aliphatic rings. The van der Waals surface area contributed by atoms with Crippen LogP contribution < -0.4 is 22.5 Å². The summed E-state index contributed by atoms with van der Waals surface area (Å²) in [5.41, 5.74) is 18.9. The minimum Gasteiger partial charge on any atom is -0.370 e.